The van der Waals surface area contributed by atoms with E-state index in [1.165, 1.54) is 17.8 Å². The molecule has 0 aliphatic heterocycles. The van der Waals surface area contributed by atoms with Gasteiger partial charge in [-0.25, -0.2) is 9.97 Å². The Kier molecular flexibility index (Phi) is 5.40. The number of rotatable bonds is 4. The molecule has 132 valence electrons. The van der Waals surface area contributed by atoms with Gasteiger partial charge in [0.2, 0.25) is 5.95 Å². The molecule has 0 spiro atoms. The lowest BCUT2D eigenvalue weighted by Gasteiger charge is -2.10. The lowest BCUT2D eigenvalue weighted by Crippen LogP contribution is -2.14. The highest BCUT2D eigenvalue weighted by Gasteiger charge is 2.11. The number of nitrogens with zero attached hydrogens (tertiary/aromatic N) is 2. The zero-order chi connectivity index (χ0) is 18.7. The van der Waals surface area contributed by atoms with Gasteiger partial charge in [-0.15, -0.1) is 0 Å². The van der Waals surface area contributed by atoms with Crippen LogP contribution in [0.15, 0.2) is 48.7 Å². The third-order valence-corrected chi connectivity index (χ3v) is 4.07. The van der Waals surface area contributed by atoms with Crippen LogP contribution in [-0.2, 0) is 0 Å². The van der Waals surface area contributed by atoms with Crippen molar-refractivity contribution in [1.29, 1.82) is 0 Å². The van der Waals surface area contributed by atoms with Gasteiger partial charge in [0, 0.05) is 27.6 Å². The molecule has 7 heteroatoms. The number of anilines is 3. The summed E-state index contributed by atoms with van der Waals surface area (Å²) in [5.41, 5.74) is 3.84. The number of aryl methyl sites for hydroxylation is 2. The number of benzene rings is 2. The van der Waals surface area contributed by atoms with E-state index in [1.807, 2.05) is 26.0 Å². The van der Waals surface area contributed by atoms with Crippen LogP contribution in [0.2, 0.25) is 10.0 Å². The van der Waals surface area contributed by atoms with E-state index in [2.05, 4.69) is 26.7 Å². The molecular formula is C19H16Cl2N4O. The highest BCUT2D eigenvalue weighted by Crippen LogP contribution is 2.23. The van der Waals surface area contributed by atoms with Crippen LogP contribution in [0.4, 0.5) is 17.3 Å². The minimum Gasteiger partial charge on any atom is -0.324 e. The fourth-order valence-electron chi connectivity index (χ4n) is 2.44. The van der Waals surface area contributed by atoms with Gasteiger partial charge in [-0.05, 0) is 49.7 Å². The summed E-state index contributed by atoms with van der Waals surface area (Å²) in [6.07, 6.45) is 1.53. The van der Waals surface area contributed by atoms with Gasteiger partial charge in [-0.2, -0.15) is 0 Å². The van der Waals surface area contributed by atoms with Crippen molar-refractivity contribution < 1.29 is 4.79 Å². The molecule has 0 saturated carbocycles. The molecule has 0 unspecified atom stereocenters. The van der Waals surface area contributed by atoms with Gasteiger partial charge in [0.1, 0.15) is 5.69 Å². The predicted octanol–water partition coefficient (Wildman–Crippen LogP) is 5.40. The highest BCUT2D eigenvalue weighted by molar-refractivity contribution is 6.35. The van der Waals surface area contributed by atoms with Gasteiger partial charge in [-0.3, -0.25) is 4.79 Å². The summed E-state index contributed by atoms with van der Waals surface area (Å²) in [5, 5.41) is 6.73. The molecule has 0 aliphatic carbocycles. The Bertz CT molecular complexity index is 955. The molecule has 1 amide bonds. The summed E-state index contributed by atoms with van der Waals surface area (Å²) in [6, 6.07) is 12.4. The van der Waals surface area contributed by atoms with Crippen LogP contribution in [0.1, 0.15) is 21.6 Å². The van der Waals surface area contributed by atoms with Crippen molar-refractivity contribution in [3.63, 3.8) is 0 Å². The van der Waals surface area contributed by atoms with Gasteiger partial charge in [0.25, 0.3) is 5.91 Å². The average molecular weight is 387 g/mol. The number of nitrogens with one attached hydrogen (secondary N) is 2. The molecule has 1 heterocycles. The van der Waals surface area contributed by atoms with Crippen molar-refractivity contribution in [2.24, 2.45) is 0 Å². The SMILES string of the molecule is Cc1ccc(Nc2nccc(C(=O)Nc3cc(Cl)cc(Cl)c3)n2)c(C)c1. The largest absolute Gasteiger partial charge is 0.324 e. The normalized spacial score (nSPS) is 10.5. The summed E-state index contributed by atoms with van der Waals surface area (Å²) in [5.74, 6) is -0.0388. The Morgan fingerprint density at radius 1 is 1.00 bits per heavy atom. The van der Waals surface area contributed by atoms with Gasteiger partial charge < -0.3 is 10.6 Å². The summed E-state index contributed by atoms with van der Waals surface area (Å²) < 4.78 is 0. The summed E-state index contributed by atoms with van der Waals surface area (Å²) in [4.78, 5) is 20.9. The lowest BCUT2D eigenvalue weighted by atomic mass is 10.1. The molecule has 0 radical (unpaired) electrons. The van der Waals surface area contributed by atoms with E-state index >= 15 is 0 Å². The van der Waals surface area contributed by atoms with E-state index in [0.29, 0.717) is 21.7 Å². The minimum atomic E-state index is -0.380. The monoisotopic (exact) mass is 386 g/mol. The first-order valence-corrected chi connectivity index (χ1v) is 8.61. The fraction of sp³-hybridized carbons (Fsp3) is 0.105. The molecule has 5 nitrogen and oxygen atoms in total. The third-order valence-electron chi connectivity index (χ3n) is 3.64. The number of amides is 1. The molecule has 0 fully saturated rings. The zero-order valence-corrected chi connectivity index (χ0v) is 15.7. The first-order chi connectivity index (χ1) is 12.4. The summed E-state index contributed by atoms with van der Waals surface area (Å²) in [7, 11) is 0. The fourth-order valence-corrected chi connectivity index (χ4v) is 2.97. The molecule has 2 aromatic carbocycles. The van der Waals surface area contributed by atoms with Crippen LogP contribution in [0.25, 0.3) is 0 Å². The predicted molar refractivity (Wildman–Crippen MR) is 106 cm³/mol. The molecular weight excluding hydrogens is 371 g/mol. The minimum absolute atomic E-state index is 0.225. The first-order valence-electron chi connectivity index (χ1n) is 7.85. The van der Waals surface area contributed by atoms with Gasteiger partial charge in [0.05, 0.1) is 0 Å². The maximum absolute atomic E-state index is 12.4. The van der Waals surface area contributed by atoms with Gasteiger partial charge in [0.15, 0.2) is 0 Å². The smallest absolute Gasteiger partial charge is 0.274 e. The van der Waals surface area contributed by atoms with Crippen molar-refractivity contribution in [2.45, 2.75) is 13.8 Å². The molecule has 1 aromatic heterocycles. The van der Waals surface area contributed by atoms with Crippen LogP contribution in [0.5, 0.6) is 0 Å². The van der Waals surface area contributed by atoms with Crippen LogP contribution in [0.3, 0.4) is 0 Å². The number of hydrogen-bond acceptors (Lipinski definition) is 4. The standard InChI is InChI=1S/C19H16Cl2N4O/c1-11-3-4-16(12(2)7-11)24-19-22-6-5-17(25-19)18(26)23-15-9-13(20)8-14(21)10-15/h3-10H,1-2H3,(H,23,26)(H,22,24,25). The summed E-state index contributed by atoms with van der Waals surface area (Å²) >= 11 is 11.9. The Labute approximate surface area is 161 Å². The maximum Gasteiger partial charge on any atom is 0.274 e. The van der Waals surface area contributed by atoms with Crippen LogP contribution >= 0.6 is 23.2 Å². The molecule has 2 N–H and O–H groups in total. The van der Waals surface area contributed by atoms with E-state index in [-0.39, 0.29) is 11.6 Å². The third kappa shape index (κ3) is 4.50. The number of aromatic nitrogens is 2. The molecule has 0 atom stereocenters. The average Bonchev–Trinajstić information content (AvgIpc) is 2.57. The molecule has 0 aliphatic rings. The molecule has 3 rings (SSSR count). The quantitative estimate of drug-likeness (QED) is 0.629. The highest BCUT2D eigenvalue weighted by atomic mass is 35.5. The van der Waals surface area contributed by atoms with Crippen molar-refractivity contribution in [3.8, 4) is 0 Å². The van der Waals surface area contributed by atoms with E-state index in [0.717, 1.165) is 11.3 Å². The number of halogens is 2. The van der Waals surface area contributed by atoms with E-state index < -0.39 is 0 Å². The van der Waals surface area contributed by atoms with Crippen molar-refractivity contribution in [2.75, 3.05) is 10.6 Å². The van der Waals surface area contributed by atoms with Crippen molar-refractivity contribution in [3.05, 3.63) is 75.5 Å². The Morgan fingerprint density at radius 2 is 1.73 bits per heavy atom. The molecule has 0 saturated heterocycles. The second-order valence-electron chi connectivity index (χ2n) is 5.82. The molecule has 0 bridgehead atoms. The van der Waals surface area contributed by atoms with Gasteiger partial charge >= 0.3 is 0 Å². The maximum atomic E-state index is 12.4. The number of carbonyl (C=O) groups is 1. The topological polar surface area (TPSA) is 66.9 Å². The van der Waals surface area contributed by atoms with E-state index in [1.54, 1.807) is 18.2 Å². The van der Waals surface area contributed by atoms with Crippen molar-refractivity contribution in [1.82, 2.24) is 9.97 Å². The Morgan fingerprint density at radius 3 is 2.42 bits per heavy atom. The second kappa shape index (κ2) is 7.72. The molecule has 3 aromatic rings. The Hall–Kier alpha value is -2.63. The number of carbonyl (C=O) groups excluding carboxylic acids is 1. The molecule has 26 heavy (non-hydrogen) atoms. The lowest BCUT2D eigenvalue weighted by molar-refractivity contribution is 0.102. The van der Waals surface area contributed by atoms with Crippen LogP contribution in [-0.4, -0.2) is 15.9 Å². The Balaban J connectivity index is 1.78. The van der Waals surface area contributed by atoms with Gasteiger partial charge in [-0.1, -0.05) is 40.9 Å². The summed E-state index contributed by atoms with van der Waals surface area (Å²) in [6.45, 7) is 4.02. The van der Waals surface area contributed by atoms with E-state index in [4.69, 9.17) is 23.2 Å². The number of hydrogen-bond donors (Lipinski definition) is 2. The van der Waals surface area contributed by atoms with Crippen LogP contribution < -0.4 is 10.6 Å². The zero-order valence-electron chi connectivity index (χ0n) is 14.2. The van der Waals surface area contributed by atoms with Crippen molar-refractivity contribution >= 4 is 46.4 Å². The van der Waals surface area contributed by atoms with E-state index in [9.17, 15) is 4.79 Å². The first kappa shape index (κ1) is 18.2. The van der Waals surface area contributed by atoms with Crippen LogP contribution in [0, 0.1) is 13.8 Å². The second-order valence-corrected chi connectivity index (χ2v) is 6.69.